The summed E-state index contributed by atoms with van der Waals surface area (Å²) in [4.78, 5) is 15.5. The number of carbonyl (C=O) groups is 1. The molecule has 0 aliphatic rings. The third kappa shape index (κ3) is 2.16. The summed E-state index contributed by atoms with van der Waals surface area (Å²) in [5.41, 5.74) is 1.13. The Morgan fingerprint density at radius 3 is 2.72 bits per heavy atom. The van der Waals surface area contributed by atoms with Crippen molar-refractivity contribution in [3.63, 3.8) is 0 Å². The van der Waals surface area contributed by atoms with Gasteiger partial charge in [0.2, 0.25) is 0 Å². The molecule has 1 aromatic carbocycles. The van der Waals surface area contributed by atoms with Gasteiger partial charge < -0.3 is 0 Å². The van der Waals surface area contributed by atoms with Crippen LogP contribution in [0.1, 0.15) is 35.9 Å². The number of nitrogens with zero attached hydrogens (tertiary/aromatic N) is 3. The normalized spacial score (nSPS) is 10.6. The summed E-state index contributed by atoms with van der Waals surface area (Å²) in [6.07, 6.45) is 2.27. The van der Waals surface area contributed by atoms with Gasteiger partial charge in [0, 0.05) is 18.4 Å². The summed E-state index contributed by atoms with van der Waals surface area (Å²) in [7, 11) is 0. The average Bonchev–Trinajstić information content (AvgIpc) is 2.81. The number of para-hydroxylation sites is 1. The predicted octanol–water partition coefficient (Wildman–Crippen LogP) is 2.86. The SMILES string of the molecule is CCc1nc(CC)n(-c2c(Cl)cccc2C=O)n1. The Kier molecular flexibility index (Phi) is 3.77. The maximum absolute atomic E-state index is 11.1. The molecule has 94 valence electrons. The maximum atomic E-state index is 11.1. The molecule has 4 nitrogen and oxygen atoms in total. The molecule has 1 aromatic heterocycles. The Hall–Kier alpha value is -1.68. The minimum atomic E-state index is 0.502. The van der Waals surface area contributed by atoms with Crippen molar-refractivity contribution >= 4 is 17.9 Å². The monoisotopic (exact) mass is 263 g/mol. The largest absolute Gasteiger partial charge is 0.298 e. The first-order valence-corrected chi connectivity index (χ1v) is 6.27. The van der Waals surface area contributed by atoms with Crippen molar-refractivity contribution < 1.29 is 4.79 Å². The molecule has 0 spiro atoms. The summed E-state index contributed by atoms with van der Waals surface area (Å²) in [5, 5.41) is 4.90. The summed E-state index contributed by atoms with van der Waals surface area (Å²) in [6.45, 7) is 3.99. The summed E-state index contributed by atoms with van der Waals surface area (Å²) in [6, 6.07) is 5.22. The van der Waals surface area contributed by atoms with E-state index in [2.05, 4.69) is 10.1 Å². The molecule has 0 amide bonds. The van der Waals surface area contributed by atoms with Crippen molar-refractivity contribution in [2.24, 2.45) is 0 Å². The lowest BCUT2D eigenvalue weighted by atomic mass is 10.2. The van der Waals surface area contributed by atoms with E-state index in [-0.39, 0.29) is 0 Å². The van der Waals surface area contributed by atoms with Crippen LogP contribution < -0.4 is 0 Å². The Morgan fingerprint density at radius 2 is 2.11 bits per heavy atom. The molecule has 0 unspecified atom stereocenters. The Morgan fingerprint density at radius 1 is 1.33 bits per heavy atom. The number of aldehydes is 1. The lowest BCUT2D eigenvalue weighted by Gasteiger charge is -2.09. The quantitative estimate of drug-likeness (QED) is 0.797. The fourth-order valence-corrected chi connectivity index (χ4v) is 2.06. The third-order valence-electron chi connectivity index (χ3n) is 2.71. The van der Waals surface area contributed by atoms with Crippen molar-refractivity contribution in [1.29, 1.82) is 0 Å². The summed E-state index contributed by atoms with van der Waals surface area (Å²) in [5.74, 6) is 1.56. The fraction of sp³-hybridized carbons (Fsp3) is 0.308. The number of halogens is 1. The summed E-state index contributed by atoms with van der Waals surface area (Å²) < 4.78 is 1.67. The molecule has 0 bridgehead atoms. The van der Waals surface area contributed by atoms with Gasteiger partial charge in [-0.3, -0.25) is 4.79 Å². The molecule has 0 radical (unpaired) electrons. The van der Waals surface area contributed by atoms with E-state index < -0.39 is 0 Å². The van der Waals surface area contributed by atoms with Crippen LogP contribution in [-0.2, 0) is 12.8 Å². The van der Waals surface area contributed by atoms with Gasteiger partial charge in [0.25, 0.3) is 0 Å². The molecule has 18 heavy (non-hydrogen) atoms. The van der Waals surface area contributed by atoms with E-state index in [1.54, 1.807) is 22.9 Å². The van der Waals surface area contributed by atoms with Crippen LogP contribution in [0.5, 0.6) is 0 Å². The molecule has 0 N–H and O–H groups in total. The Labute approximate surface area is 111 Å². The first kappa shape index (κ1) is 12.8. The second-order valence-corrected chi connectivity index (χ2v) is 4.27. The molecular weight excluding hydrogens is 250 g/mol. The smallest absolute Gasteiger partial charge is 0.152 e. The van der Waals surface area contributed by atoms with Gasteiger partial charge >= 0.3 is 0 Å². The fourth-order valence-electron chi connectivity index (χ4n) is 1.80. The minimum absolute atomic E-state index is 0.502. The van der Waals surface area contributed by atoms with Crippen LogP contribution in [0.15, 0.2) is 18.2 Å². The second-order valence-electron chi connectivity index (χ2n) is 3.86. The highest BCUT2D eigenvalue weighted by atomic mass is 35.5. The highest BCUT2D eigenvalue weighted by Crippen LogP contribution is 2.24. The number of benzene rings is 1. The third-order valence-corrected chi connectivity index (χ3v) is 3.01. The molecule has 0 saturated heterocycles. The van der Waals surface area contributed by atoms with E-state index in [0.717, 1.165) is 30.8 Å². The molecule has 0 aliphatic heterocycles. The van der Waals surface area contributed by atoms with Gasteiger partial charge in [0.1, 0.15) is 5.82 Å². The number of carbonyl (C=O) groups excluding carboxylic acids is 1. The zero-order valence-electron chi connectivity index (χ0n) is 10.4. The van der Waals surface area contributed by atoms with Crippen molar-refractivity contribution in [3.05, 3.63) is 40.4 Å². The number of hydrogen-bond acceptors (Lipinski definition) is 3. The number of rotatable bonds is 4. The topological polar surface area (TPSA) is 47.8 Å². The van der Waals surface area contributed by atoms with Crippen LogP contribution in [0.25, 0.3) is 5.69 Å². The van der Waals surface area contributed by atoms with Crippen LogP contribution in [0.2, 0.25) is 5.02 Å². The summed E-state index contributed by atoms with van der Waals surface area (Å²) >= 11 is 6.18. The van der Waals surface area contributed by atoms with E-state index in [9.17, 15) is 4.79 Å². The van der Waals surface area contributed by atoms with Gasteiger partial charge in [-0.1, -0.05) is 31.5 Å². The van der Waals surface area contributed by atoms with E-state index in [1.165, 1.54) is 0 Å². The highest BCUT2D eigenvalue weighted by Gasteiger charge is 2.15. The van der Waals surface area contributed by atoms with E-state index in [1.807, 2.05) is 13.8 Å². The number of aryl methyl sites for hydroxylation is 2. The Balaban J connectivity index is 2.67. The first-order chi connectivity index (χ1) is 8.71. The average molecular weight is 264 g/mol. The van der Waals surface area contributed by atoms with Gasteiger partial charge in [0.15, 0.2) is 12.1 Å². The zero-order valence-corrected chi connectivity index (χ0v) is 11.1. The minimum Gasteiger partial charge on any atom is -0.298 e. The lowest BCUT2D eigenvalue weighted by Crippen LogP contribution is -2.06. The van der Waals surface area contributed by atoms with Crippen molar-refractivity contribution in [1.82, 2.24) is 14.8 Å². The molecule has 1 heterocycles. The molecule has 2 aromatic rings. The van der Waals surface area contributed by atoms with Gasteiger partial charge in [-0.05, 0) is 12.1 Å². The second kappa shape index (κ2) is 5.31. The maximum Gasteiger partial charge on any atom is 0.152 e. The van der Waals surface area contributed by atoms with Crippen LogP contribution in [0, 0.1) is 0 Å². The van der Waals surface area contributed by atoms with E-state index in [4.69, 9.17) is 11.6 Å². The molecule has 0 fully saturated rings. The molecular formula is C13H14ClN3O. The van der Waals surface area contributed by atoms with Crippen molar-refractivity contribution in [3.8, 4) is 5.69 Å². The van der Waals surface area contributed by atoms with Crippen LogP contribution in [0.4, 0.5) is 0 Å². The van der Waals surface area contributed by atoms with Gasteiger partial charge in [-0.15, -0.1) is 0 Å². The first-order valence-electron chi connectivity index (χ1n) is 5.90. The standard InChI is InChI=1S/C13H14ClN3O/c1-3-11-15-12(4-2)17(16-11)13-9(8-18)6-5-7-10(13)14/h5-8H,3-4H2,1-2H3. The van der Waals surface area contributed by atoms with Gasteiger partial charge in [-0.2, -0.15) is 5.10 Å². The van der Waals surface area contributed by atoms with Gasteiger partial charge in [0.05, 0.1) is 10.7 Å². The van der Waals surface area contributed by atoms with E-state index in [0.29, 0.717) is 16.3 Å². The van der Waals surface area contributed by atoms with Crippen LogP contribution in [0.3, 0.4) is 0 Å². The van der Waals surface area contributed by atoms with Crippen LogP contribution >= 0.6 is 11.6 Å². The molecule has 5 heteroatoms. The molecule has 2 rings (SSSR count). The highest BCUT2D eigenvalue weighted by molar-refractivity contribution is 6.32. The Bertz CT molecular complexity index is 578. The van der Waals surface area contributed by atoms with E-state index >= 15 is 0 Å². The van der Waals surface area contributed by atoms with Crippen molar-refractivity contribution in [2.75, 3.05) is 0 Å². The van der Waals surface area contributed by atoms with Crippen molar-refractivity contribution in [2.45, 2.75) is 26.7 Å². The number of hydrogen-bond donors (Lipinski definition) is 0. The number of aromatic nitrogens is 3. The molecule has 0 aliphatic carbocycles. The van der Waals surface area contributed by atoms with Gasteiger partial charge in [-0.25, -0.2) is 9.67 Å². The zero-order chi connectivity index (χ0) is 13.1. The predicted molar refractivity (Wildman–Crippen MR) is 70.5 cm³/mol. The molecule has 0 atom stereocenters. The molecule has 0 saturated carbocycles. The lowest BCUT2D eigenvalue weighted by molar-refractivity contribution is 0.112. The van der Waals surface area contributed by atoms with Crippen LogP contribution in [-0.4, -0.2) is 21.1 Å².